The van der Waals surface area contributed by atoms with Crippen LogP contribution in [0.2, 0.25) is 10.0 Å². The quantitative estimate of drug-likeness (QED) is 0.322. The fraction of sp³-hybridized carbons (Fsp3) is 0.231. The Labute approximate surface area is 196 Å². The second-order valence-electron chi connectivity index (χ2n) is 7.91. The van der Waals surface area contributed by atoms with E-state index in [1.807, 2.05) is 45.0 Å². The molecule has 2 aromatic rings. The minimum Gasteiger partial charge on any atom is -0.456 e. The van der Waals surface area contributed by atoms with Crippen molar-refractivity contribution in [2.75, 3.05) is 0 Å². The second-order valence-corrected chi connectivity index (χ2v) is 8.72. The number of carbonyl (C=O) groups is 1. The zero-order valence-corrected chi connectivity index (χ0v) is 19.6. The maximum atomic E-state index is 12.5. The molecule has 0 aromatic heterocycles. The highest BCUT2D eigenvalue weighted by Crippen LogP contribution is 2.42. The van der Waals surface area contributed by atoms with E-state index in [4.69, 9.17) is 27.6 Å². The molecule has 1 amide bonds. The van der Waals surface area contributed by atoms with Gasteiger partial charge in [-0.3, -0.25) is 9.59 Å². The molecular weight excluding hydrogens is 445 g/mol. The number of nitrogens with one attached hydrogen (secondary N) is 1. The molecule has 0 saturated heterocycles. The van der Waals surface area contributed by atoms with E-state index >= 15 is 0 Å². The first kappa shape index (κ1) is 22.4. The van der Waals surface area contributed by atoms with E-state index in [2.05, 4.69) is 5.32 Å². The largest absolute Gasteiger partial charge is 0.456 e. The highest BCUT2D eigenvalue weighted by molar-refractivity contribution is 6.32. The van der Waals surface area contributed by atoms with Crippen molar-refractivity contribution in [2.45, 2.75) is 39.7 Å². The number of halogens is 2. The molecule has 6 heteroatoms. The first-order valence-corrected chi connectivity index (χ1v) is 11.4. The van der Waals surface area contributed by atoms with Crippen LogP contribution in [-0.4, -0.2) is 11.9 Å². The van der Waals surface area contributed by atoms with Crippen LogP contribution in [0.1, 0.15) is 43.1 Å². The van der Waals surface area contributed by atoms with E-state index in [1.54, 1.807) is 18.2 Å². The van der Waals surface area contributed by atoms with Gasteiger partial charge in [0.25, 0.3) is 5.91 Å². The number of amides is 1. The molecule has 32 heavy (non-hydrogen) atoms. The summed E-state index contributed by atoms with van der Waals surface area (Å²) >= 11 is 12.7. The Bertz CT molecular complexity index is 1340. The van der Waals surface area contributed by atoms with Crippen LogP contribution in [0.3, 0.4) is 0 Å². The topological polar surface area (TPSA) is 59.3 Å². The maximum Gasteiger partial charge on any atom is 0.251 e. The minimum absolute atomic E-state index is 0.101. The molecule has 0 saturated carbocycles. The molecule has 0 spiro atoms. The molecule has 1 aliphatic carbocycles. The summed E-state index contributed by atoms with van der Waals surface area (Å²) in [7, 11) is 0. The number of hydrogen-bond acceptors (Lipinski definition) is 3. The van der Waals surface area contributed by atoms with E-state index in [0.717, 1.165) is 34.9 Å². The number of benzene rings is 3. The Balaban J connectivity index is 1.93. The zero-order valence-electron chi connectivity index (χ0n) is 18.1. The van der Waals surface area contributed by atoms with Crippen molar-refractivity contribution in [1.82, 2.24) is 5.32 Å². The summed E-state index contributed by atoms with van der Waals surface area (Å²) < 4.78 is 6.08. The van der Waals surface area contributed by atoms with Gasteiger partial charge >= 0.3 is 0 Å². The Morgan fingerprint density at radius 3 is 2.41 bits per heavy atom. The standard InChI is InChI=1S/C26H23Cl2NO3/c1-4-14(3)29-26(31)17-8-6-16(7-9-17)25-18-11-20(27)15(5-2)10-23(18)32-24-13-22(30)21(28)12-19(24)25/h6-14H,4-5H2,1-3H3,(H,29,31). The highest BCUT2D eigenvalue weighted by atomic mass is 35.5. The van der Waals surface area contributed by atoms with Gasteiger partial charge in [0.2, 0.25) is 5.43 Å². The van der Waals surface area contributed by atoms with Gasteiger partial charge in [-0.1, -0.05) is 49.2 Å². The molecule has 2 aliphatic rings. The lowest BCUT2D eigenvalue weighted by molar-refractivity contribution is 0.0939. The van der Waals surface area contributed by atoms with Crippen molar-refractivity contribution in [3.8, 4) is 22.5 Å². The average Bonchev–Trinajstić information content (AvgIpc) is 2.78. The molecule has 1 atom stereocenters. The van der Waals surface area contributed by atoms with E-state index in [0.29, 0.717) is 27.5 Å². The number of carbonyl (C=O) groups excluding carboxylic acids is 1. The van der Waals surface area contributed by atoms with Crippen molar-refractivity contribution in [1.29, 1.82) is 0 Å². The summed E-state index contributed by atoms with van der Waals surface area (Å²) in [4.78, 5) is 24.7. The normalized spacial score (nSPS) is 12.3. The summed E-state index contributed by atoms with van der Waals surface area (Å²) in [5.74, 6) is 0.336. The summed E-state index contributed by atoms with van der Waals surface area (Å²) in [6.07, 6.45) is 1.61. The van der Waals surface area contributed by atoms with Gasteiger partial charge in [-0.2, -0.15) is 0 Å². The monoisotopic (exact) mass is 467 g/mol. The lowest BCUT2D eigenvalue weighted by atomic mass is 9.92. The Hall–Kier alpha value is -2.82. The average molecular weight is 468 g/mol. The van der Waals surface area contributed by atoms with Crippen molar-refractivity contribution in [3.63, 3.8) is 0 Å². The van der Waals surface area contributed by atoms with Crippen LogP contribution < -0.4 is 10.7 Å². The summed E-state index contributed by atoms with van der Waals surface area (Å²) in [6, 6.07) is 14.3. The molecule has 2 aromatic carbocycles. The Kier molecular flexibility index (Phi) is 6.27. The molecule has 0 bridgehead atoms. The smallest absolute Gasteiger partial charge is 0.251 e. The molecule has 1 heterocycles. The number of rotatable bonds is 5. The van der Waals surface area contributed by atoms with Crippen molar-refractivity contribution >= 4 is 40.1 Å². The highest BCUT2D eigenvalue weighted by Gasteiger charge is 2.20. The maximum absolute atomic E-state index is 12.5. The third-order valence-electron chi connectivity index (χ3n) is 5.75. The molecule has 4 nitrogen and oxygen atoms in total. The molecule has 1 unspecified atom stereocenters. The molecular formula is C26H23Cl2NO3. The molecule has 1 aliphatic heterocycles. The van der Waals surface area contributed by atoms with Crippen LogP contribution in [-0.2, 0) is 6.42 Å². The number of aryl methyl sites for hydroxylation is 1. The SMILES string of the molecule is CCc1cc2oc3cc(=O)c(Cl)cc-3c(-c3ccc(C(=O)NC(C)CC)cc3)c2cc1Cl. The van der Waals surface area contributed by atoms with E-state index < -0.39 is 0 Å². The van der Waals surface area contributed by atoms with Gasteiger partial charge in [0.05, 0.1) is 5.02 Å². The van der Waals surface area contributed by atoms with E-state index in [1.165, 1.54) is 6.07 Å². The lowest BCUT2D eigenvalue weighted by Crippen LogP contribution is -2.31. The van der Waals surface area contributed by atoms with Crippen molar-refractivity contribution in [2.24, 2.45) is 0 Å². The van der Waals surface area contributed by atoms with Gasteiger partial charge in [0.1, 0.15) is 11.3 Å². The minimum atomic E-state index is -0.296. The van der Waals surface area contributed by atoms with Crippen LogP contribution in [0, 0.1) is 0 Å². The van der Waals surface area contributed by atoms with Crippen LogP contribution in [0.4, 0.5) is 0 Å². The van der Waals surface area contributed by atoms with E-state index in [-0.39, 0.29) is 22.4 Å². The number of hydrogen-bond donors (Lipinski definition) is 1. The fourth-order valence-electron chi connectivity index (χ4n) is 3.73. The lowest BCUT2D eigenvalue weighted by Gasteiger charge is -2.17. The van der Waals surface area contributed by atoms with Crippen molar-refractivity contribution < 1.29 is 9.21 Å². The first-order valence-electron chi connectivity index (χ1n) is 10.6. The van der Waals surface area contributed by atoms with Gasteiger partial charge in [-0.25, -0.2) is 0 Å². The van der Waals surface area contributed by atoms with Crippen LogP contribution in [0.25, 0.3) is 33.4 Å². The van der Waals surface area contributed by atoms with Crippen LogP contribution >= 0.6 is 23.2 Å². The fourth-order valence-corrected chi connectivity index (χ4v) is 4.19. The summed E-state index contributed by atoms with van der Waals surface area (Å²) in [5.41, 5.74) is 4.30. The molecule has 1 N–H and O–H groups in total. The summed E-state index contributed by atoms with van der Waals surface area (Å²) in [6.45, 7) is 6.02. The zero-order chi connectivity index (χ0) is 23.0. The van der Waals surface area contributed by atoms with Gasteiger partial charge in [0, 0.05) is 39.2 Å². The van der Waals surface area contributed by atoms with Crippen LogP contribution in [0.5, 0.6) is 0 Å². The predicted octanol–water partition coefficient (Wildman–Crippen LogP) is 6.96. The van der Waals surface area contributed by atoms with Gasteiger partial charge in [-0.15, -0.1) is 0 Å². The molecule has 0 fully saturated rings. The van der Waals surface area contributed by atoms with Crippen molar-refractivity contribution in [3.05, 3.63) is 79.9 Å². The van der Waals surface area contributed by atoms with Gasteiger partial charge in [0.15, 0.2) is 0 Å². The van der Waals surface area contributed by atoms with Gasteiger partial charge in [-0.05, 0) is 61.2 Å². The molecule has 164 valence electrons. The van der Waals surface area contributed by atoms with Crippen LogP contribution in [0.15, 0.2) is 57.7 Å². The first-order chi connectivity index (χ1) is 15.3. The number of fused-ring (bicyclic) bond motifs is 2. The van der Waals surface area contributed by atoms with E-state index in [9.17, 15) is 9.59 Å². The van der Waals surface area contributed by atoms with Gasteiger partial charge < -0.3 is 9.73 Å². The Morgan fingerprint density at radius 2 is 1.75 bits per heavy atom. The second kappa shape index (κ2) is 8.97. The summed E-state index contributed by atoms with van der Waals surface area (Å²) in [5, 5.41) is 4.55. The Morgan fingerprint density at radius 1 is 1.03 bits per heavy atom. The predicted molar refractivity (Wildman–Crippen MR) is 131 cm³/mol. The molecule has 0 radical (unpaired) electrons. The molecule has 4 rings (SSSR count). The third-order valence-corrected chi connectivity index (χ3v) is 6.40. The third kappa shape index (κ3) is 4.13.